The van der Waals surface area contributed by atoms with Gasteiger partial charge in [0.2, 0.25) is 0 Å². The monoisotopic (exact) mass is 1480 g/mol. The molecule has 6 aromatic heterocycles. The van der Waals surface area contributed by atoms with Crippen molar-refractivity contribution < 1.29 is 0 Å². The van der Waals surface area contributed by atoms with Crippen molar-refractivity contribution >= 4 is 109 Å². The minimum atomic E-state index is 0.962. The first-order valence-corrected chi connectivity index (χ1v) is 39.9. The van der Waals surface area contributed by atoms with Crippen molar-refractivity contribution in [2.75, 3.05) is 0 Å². The molecule has 23 rings (SSSR count). The first kappa shape index (κ1) is 69.2. The molecule has 6 heteroatoms. The van der Waals surface area contributed by atoms with E-state index in [0.29, 0.717) is 0 Å². The summed E-state index contributed by atoms with van der Waals surface area (Å²) in [5.74, 6) is 0. The molecule has 0 unspecified atom stereocenters. The highest BCUT2D eigenvalue weighted by atomic mass is 14.8. The SMILES string of the molecule is Cc1ccc2ccc3c(-c4ccc(-c5ccc(-c6ccccc6)c(-c6ccccc6)c5)cc4)cc(C)nc3c2n1.Cc1ccc2ccc3c(-c4cccc(-c5ccc6c(c5)-c5cccc7cccc-6c57)c4)cc(C)nc3c2n1.Cc1ccc2ccc3c(-c4cccc(-c5ccc6ccc7cccc8ccc5c6c78)c4)cc(C)nc3c2n1. The minimum Gasteiger partial charge on any atom is -0.251 e. The molecule has 1 aliphatic carbocycles. The number of hydrogen-bond donors (Lipinski definition) is 0. The zero-order chi connectivity index (χ0) is 77.8. The third-order valence-corrected chi connectivity index (χ3v) is 23.5. The number of benzene rings is 16. The van der Waals surface area contributed by atoms with E-state index in [1.54, 1.807) is 0 Å². The first-order chi connectivity index (χ1) is 56.9. The van der Waals surface area contributed by atoms with Crippen LogP contribution in [0.15, 0.2) is 352 Å². The van der Waals surface area contributed by atoms with Crippen molar-refractivity contribution in [1.82, 2.24) is 29.9 Å². The quantitative estimate of drug-likeness (QED) is 0.141. The Bertz CT molecular complexity index is 7740. The minimum absolute atomic E-state index is 0.962. The smallest absolute Gasteiger partial charge is 0.0974 e. The Morgan fingerprint density at radius 3 is 0.991 bits per heavy atom. The molecule has 0 spiro atoms. The Balaban J connectivity index is 0.000000109. The largest absolute Gasteiger partial charge is 0.251 e. The van der Waals surface area contributed by atoms with Crippen molar-refractivity contribution in [3.63, 3.8) is 0 Å². The summed E-state index contributed by atoms with van der Waals surface area (Å²) >= 11 is 0. The van der Waals surface area contributed by atoms with Gasteiger partial charge in [0.15, 0.2) is 0 Å². The molecule has 546 valence electrons. The lowest BCUT2D eigenvalue weighted by atomic mass is 9.89. The van der Waals surface area contributed by atoms with Crippen molar-refractivity contribution in [3.8, 4) is 111 Å². The number of fused-ring (bicyclic) bond motifs is 12. The van der Waals surface area contributed by atoms with Crippen LogP contribution in [0.5, 0.6) is 0 Å². The number of rotatable bonds is 8. The van der Waals surface area contributed by atoms with Crippen LogP contribution < -0.4 is 0 Å². The van der Waals surface area contributed by atoms with E-state index in [0.717, 1.165) is 99.6 Å². The first-order valence-electron chi connectivity index (χ1n) is 39.9. The average Bonchev–Trinajstić information content (AvgIpc) is 1.69. The predicted octanol–water partition coefficient (Wildman–Crippen LogP) is 29.2. The van der Waals surface area contributed by atoms with E-state index >= 15 is 0 Å². The normalized spacial score (nSPS) is 11.7. The van der Waals surface area contributed by atoms with E-state index in [4.69, 9.17) is 29.9 Å². The molecule has 0 aliphatic heterocycles. The summed E-state index contributed by atoms with van der Waals surface area (Å²) in [5.41, 5.74) is 36.5. The second kappa shape index (κ2) is 28.2. The predicted molar refractivity (Wildman–Crippen MR) is 489 cm³/mol. The lowest BCUT2D eigenvalue weighted by Crippen LogP contribution is -1.93. The fourth-order valence-electron chi connectivity index (χ4n) is 18.0. The lowest BCUT2D eigenvalue weighted by Gasteiger charge is -2.15. The standard InChI is InChI=1S/C38H28N2.2C36H24N2/c1-25-13-14-31-19-22-34-35(23-26(2)40-38(34)37(31)39-25)30-17-15-27(16-18-30)32-20-21-33(28-9-5-3-6-10-28)36(24-32)29-11-7-4-8-12-29;1-21-12-13-24-14-17-31-32(18-22(2)38-36(31)35(24)37-21)27-9-3-8-25(19-27)26-15-16-28-29-10-4-6-23-7-5-11-30(34(23)29)33(28)20-26;1-21-9-10-26-15-18-31-32(19-22(2)38-36(31)35(26)37-21)28-8-4-7-27(20-28)29-16-13-25-12-11-23-5-3-6-24-14-17-30(29)34(25)33(23)24/h3-24H,1-2H3;2*3-20H,1-2H3. The second-order valence-corrected chi connectivity index (χ2v) is 31.1. The number of aryl methyl sites for hydroxylation is 6. The molecule has 0 atom stereocenters. The fourth-order valence-corrected chi connectivity index (χ4v) is 18.0. The van der Waals surface area contributed by atoms with Gasteiger partial charge in [-0.1, -0.05) is 291 Å². The zero-order valence-corrected chi connectivity index (χ0v) is 65.2. The summed E-state index contributed by atoms with van der Waals surface area (Å²) in [6, 6.07) is 127. The summed E-state index contributed by atoms with van der Waals surface area (Å²) in [4.78, 5) is 29.3. The topological polar surface area (TPSA) is 77.3 Å². The Morgan fingerprint density at radius 2 is 0.457 bits per heavy atom. The number of hydrogen-bond acceptors (Lipinski definition) is 6. The van der Waals surface area contributed by atoms with Gasteiger partial charge in [-0.2, -0.15) is 0 Å². The molecule has 6 heterocycles. The Hall–Kier alpha value is -14.7. The van der Waals surface area contributed by atoms with E-state index < -0.39 is 0 Å². The highest BCUT2D eigenvalue weighted by Crippen LogP contribution is 2.50. The maximum absolute atomic E-state index is 4.94. The summed E-state index contributed by atoms with van der Waals surface area (Å²) in [7, 11) is 0. The van der Waals surface area contributed by atoms with Gasteiger partial charge < -0.3 is 0 Å². The molecule has 22 aromatic rings. The third-order valence-electron chi connectivity index (χ3n) is 23.5. The van der Waals surface area contributed by atoms with Crippen molar-refractivity contribution in [1.29, 1.82) is 0 Å². The van der Waals surface area contributed by atoms with E-state index in [2.05, 4.69) is 373 Å². The second-order valence-electron chi connectivity index (χ2n) is 31.1. The van der Waals surface area contributed by atoms with Gasteiger partial charge in [0.25, 0.3) is 0 Å². The van der Waals surface area contributed by atoms with Crippen LogP contribution in [0.1, 0.15) is 34.2 Å². The van der Waals surface area contributed by atoms with Gasteiger partial charge in [-0.25, -0.2) is 0 Å². The Labute approximate surface area is 672 Å². The van der Waals surface area contributed by atoms with E-state index in [-0.39, 0.29) is 0 Å². The maximum atomic E-state index is 4.94. The summed E-state index contributed by atoms with van der Waals surface area (Å²) in [6.07, 6.45) is 0. The van der Waals surface area contributed by atoms with Crippen LogP contribution in [0.4, 0.5) is 0 Å². The molecular formula is C110H76N6. The molecule has 0 N–H and O–H groups in total. The average molecular weight is 1480 g/mol. The third kappa shape index (κ3) is 12.2. The van der Waals surface area contributed by atoms with E-state index in [1.807, 2.05) is 20.8 Å². The van der Waals surface area contributed by atoms with Gasteiger partial charge in [-0.05, 0) is 257 Å². The molecule has 0 radical (unpaired) electrons. The van der Waals surface area contributed by atoms with Crippen LogP contribution in [0, 0.1) is 41.5 Å². The zero-order valence-electron chi connectivity index (χ0n) is 65.2. The van der Waals surface area contributed by atoms with Crippen LogP contribution in [0.25, 0.3) is 220 Å². The molecule has 116 heavy (non-hydrogen) atoms. The number of nitrogens with zero attached hydrogens (tertiary/aromatic N) is 6. The number of aromatic nitrogens is 6. The lowest BCUT2D eigenvalue weighted by molar-refractivity contribution is 1.23. The highest BCUT2D eigenvalue weighted by molar-refractivity contribution is 6.26. The van der Waals surface area contributed by atoms with Crippen LogP contribution >= 0.6 is 0 Å². The van der Waals surface area contributed by atoms with Gasteiger partial charge in [0.1, 0.15) is 0 Å². The van der Waals surface area contributed by atoms with Crippen molar-refractivity contribution in [2.24, 2.45) is 0 Å². The van der Waals surface area contributed by atoms with Crippen molar-refractivity contribution in [2.45, 2.75) is 41.5 Å². The van der Waals surface area contributed by atoms with Crippen LogP contribution in [0.2, 0.25) is 0 Å². The van der Waals surface area contributed by atoms with Gasteiger partial charge in [-0.3, -0.25) is 29.9 Å². The van der Waals surface area contributed by atoms with E-state index in [9.17, 15) is 0 Å². The van der Waals surface area contributed by atoms with Crippen LogP contribution in [-0.4, -0.2) is 29.9 Å². The van der Waals surface area contributed by atoms with E-state index in [1.165, 1.54) is 154 Å². The molecule has 0 saturated heterocycles. The van der Waals surface area contributed by atoms with Crippen LogP contribution in [0.3, 0.4) is 0 Å². The van der Waals surface area contributed by atoms with Crippen molar-refractivity contribution in [3.05, 3.63) is 386 Å². The Kier molecular flexibility index (Phi) is 16.8. The summed E-state index contributed by atoms with van der Waals surface area (Å²) in [6.45, 7) is 12.3. The molecule has 6 nitrogen and oxygen atoms in total. The van der Waals surface area contributed by atoms with Crippen LogP contribution in [-0.2, 0) is 0 Å². The van der Waals surface area contributed by atoms with Gasteiger partial charge in [0.05, 0.1) is 33.1 Å². The molecule has 1 aliphatic rings. The molecular weight excluding hydrogens is 1410 g/mol. The van der Waals surface area contributed by atoms with Gasteiger partial charge >= 0.3 is 0 Å². The molecule has 0 fully saturated rings. The maximum Gasteiger partial charge on any atom is 0.0974 e. The van der Waals surface area contributed by atoms with Gasteiger partial charge in [0, 0.05) is 66.5 Å². The number of pyridine rings is 6. The van der Waals surface area contributed by atoms with Gasteiger partial charge in [-0.15, -0.1) is 0 Å². The molecule has 0 bridgehead atoms. The highest BCUT2D eigenvalue weighted by Gasteiger charge is 2.24. The molecule has 0 amide bonds. The molecule has 16 aromatic carbocycles. The molecule has 0 saturated carbocycles. The fraction of sp³-hybridized carbons (Fsp3) is 0.0545. The Morgan fingerprint density at radius 1 is 0.138 bits per heavy atom. The summed E-state index contributed by atoms with van der Waals surface area (Å²) < 4.78 is 0. The summed E-state index contributed by atoms with van der Waals surface area (Å²) in [5, 5.41) is 17.3.